The molecule has 1 fully saturated rings. The first-order chi connectivity index (χ1) is 12.3. The Kier molecular flexibility index (Phi) is 6.46. The molecule has 1 saturated heterocycles. The molecule has 0 aliphatic carbocycles. The number of hydrogen-bond donors (Lipinski definition) is 2. The highest BCUT2D eigenvalue weighted by molar-refractivity contribution is 5.73. The molecule has 2 N–H and O–H groups in total. The van der Waals surface area contributed by atoms with Crippen LogP contribution in [-0.4, -0.2) is 36.6 Å². The number of rotatable bonds is 7. The molecule has 4 heteroatoms. The van der Waals surface area contributed by atoms with Gasteiger partial charge in [-0.2, -0.15) is 0 Å². The van der Waals surface area contributed by atoms with Gasteiger partial charge in [-0.25, -0.2) is 4.79 Å². The molecule has 1 unspecified atom stereocenters. The van der Waals surface area contributed by atoms with Crippen LogP contribution in [-0.2, 0) is 13.0 Å². The van der Waals surface area contributed by atoms with Crippen molar-refractivity contribution in [2.75, 3.05) is 19.6 Å². The van der Waals surface area contributed by atoms with Crippen LogP contribution >= 0.6 is 0 Å². The Bertz CT molecular complexity index is 639. The standard InChI is InChI=1S/C21H27N3O/c25-21(22-16-19-11-5-2-6-12-19)23-17-20(24-13-7-8-14-24)15-18-9-3-1-4-10-18/h1-6,9-12,20H,7-8,13-17H2,(H2,22,23,25). The normalized spacial score (nSPS) is 15.7. The van der Waals surface area contributed by atoms with Crippen molar-refractivity contribution in [1.82, 2.24) is 15.5 Å². The maximum atomic E-state index is 12.1. The topological polar surface area (TPSA) is 44.4 Å². The quantitative estimate of drug-likeness (QED) is 0.815. The molecular weight excluding hydrogens is 310 g/mol. The Morgan fingerprint density at radius 1 is 0.880 bits per heavy atom. The molecule has 2 aromatic rings. The lowest BCUT2D eigenvalue weighted by molar-refractivity contribution is 0.218. The van der Waals surface area contributed by atoms with Gasteiger partial charge in [0, 0.05) is 19.1 Å². The maximum absolute atomic E-state index is 12.1. The van der Waals surface area contributed by atoms with Gasteiger partial charge >= 0.3 is 6.03 Å². The molecule has 0 aromatic heterocycles. The number of nitrogens with zero attached hydrogens (tertiary/aromatic N) is 1. The van der Waals surface area contributed by atoms with Crippen LogP contribution < -0.4 is 10.6 Å². The van der Waals surface area contributed by atoms with Crippen LogP contribution in [0.1, 0.15) is 24.0 Å². The number of nitrogens with one attached hydrogen (secondary N) is 2. The molecule has 1 aliphatic rings. The predicted molar refractivity (Wildman–Crippen MR) is 101 cm³/mol. The summed E-state index contributed by atoms with van der Waals surface area (Å²) in [6, 6.07) is 20.8. The summed E-state index contributed by atoms with van der Waals surface area (Å²) < 4.78 is 0. The van der Waals surface area contributed by atoms with Crippen molar-refractivity contribution in [1.29, 1.82) is 0 Å². The van der Waals surface area contributed by atoms with Gasteiger partial charge in [0.05, 0.1) is 0 Å². The molecule has 1 aliphatic heterocycles. The second-order valence-corrected chi connectivity index (χ2v) is 6.64. The summed E-state index contributed by atoms with van der Waals surface area (Å²) in [7, 11) is 0. The Morgan fingerprint density at radius 2 is 1.48 bits per heavy atom. The van der Waals surface area contributed by atoms with Gasteiger partial charge in [-0.1, -0.05) is 60.7 Å². The lowest BCUT2D eigenvalue weighted by atomic mass is 10.0. The van der Waals surface area contributed by atoms with Gasteiger partial charge in [-0.3, -0.25) is 4.90 Å². The molecule has 0 spiro atoms. The highest BCUT2D eigenvalue weighted by Gasteiger charge is 2.22. The molecule has 1 atom stereocenters. The lowest BCUT2D eigenvalue weighted by Gasteiger charge is -2.28. The van der Waals surface area contributed by atoms with Crippen LogP contribution in [0.5, 0.6) is 0 Å². The lowest BCUT2D eigenvalue weighted by Crippen LogP contribution is -2.46. The molecule has 0 saturated carbocycles. The average molecular weight is 337 g/mol. The van der Waals surface area contributed by atoms with E-state index in [-0.39, 0.29) is 6.03 Å². The van der Waals surface area contributed by atoms with Gasteiger partial charge in [0.2, 0.25) is 0 Å². The number of carbonyl (C=O) groups excluding carboxylic acids is 1. The molecule has 132 valence electrons. The maximum Gasteiger partial charge on any atom is 0.315 e. The first kappa shape index (κ1) is 17.5. The first-order valence-electron chi connectivity index (χ1n) is 9.15. The van der Waals surface area contributed by atoms with E-state index in [0.717, 1.165) is 25.1 Å². The zero-order valence-corrected chi connectivity index (χ0v) is 14.7. The number of amides is 2. The Morgan fingerprint density at radius 3 is 2.12 bits per heavy atom. The largest absolute Gasteiger partial charge is 0.337 e. The fraction of sp³-hybridized carbons (Fsp3) is 0.381. The number of urea groups is 1. The minimum absolute atomic E-state index is 0.0962. The fourth-order valence-electron chi connectivity index (χ4n) is 3.37. The van der Waals surface area contributed by atoms with Crippen LogP contribution in [0, 0.1) is 0 Å². The third-order valence-corrected chi connectivity index (χ3v) is 4.77. The summed E-state index contributed by atoms with van der Waals surface area (Å²) in [5.41, 5.74) is 2.43. The number of likely N-dealkylation sites (tertiary alicyclic amines) is 1. The molecule has 0 radical (unpaired) electrons. The smallest absolute Gasteiger partial charge is 0.315 e. The van der Waals surface area contributed by atoms with E-state index in [1.54, 1.807) is 0 Å². The molecule has 1 heterocycles. The van der Waals surface area contributed by atoms with Gasteiger partial charge < -0.3 is 10.6 Å². The van der Waals surface area contributed by atoms with Gasteiger partial charge in [0.15, 0.2) is 0 Å². The van der Waals surface area contributed by atoms with Crippen molar-refractivity contribution in [3.8, 4) is 0 Å². The number of carbonyl (C=O) groups is 1. The third-order valence-electron chi connectivity index (χ3n) is 4.77. The van der Waals surface area contributed by atoms with E-state index in [9.17, 15) is 4.79 Å². The van der Waals surface area contributed by atoms with Crippen LogP contribution in [0.2, 0.25) is 0 Å². The van der Waals surface area contributed by atoms with Gasteiger partial charge in [-0.15, -0.1) is 0 Å². The second-order valence-electron chi connectivity index (χ2n) is 6.64. The minimum Gasteiger partial charge on any atom is -0.337 e. The van der Waals surface area contributed by atoms with E-state index in [4.69, 9.17) is 0 Å². The summed E-state index contributed by atoms with van der Waals surface area (Å²) in [6.45, 7) is 3.49. The summed E-state index contributed by atoms with van der Waals surface area (Å²) in [5.74, 6) is 0. The summed E-state index contributed by atoms with van der Waals surface area (Å²) in [6.07, 6.45) is 3.48. The van der Waals surface area contributed by atoms with E-state index in [1.165, 1.54) is 18.4 Å². The fourth-order valence-corrected chi connectivity index (χ4v) is 3.37. The molecule has 4 nitrogen and oxygen atoms in total. The zero-order valence-electron chi connectivity index (χ0n) is 14.7. The second kappa shape index (κ2) is 9.23. The van der Waals surface area contributed by atoms with Crippen molar-refractivity contribution in [2.45, 2.75) is 31.8 Å². The van der Waals surface area contributed by atoms with Crippen LogP contribution in [0.4, 0.5) is 4.79 Å². The molecule has 3 rings (SSSR count). The Hall–Kier alpha value is -2.33. The van der Waals surface area contributed by atoms with Crippen LogP contribution in [0.15, 0.2) is 60.7 Å². The van der Waals surface area contributed by atoms with Crippen molar-refractivity contribution in [3.05, 3.63) is 71.8 Å². The van der Waals surface area contributed by atoms with E-state index in [2.05, 4.69) is 39.8 Å². The third kappa shape index (κ3) is 5.61. The van der Waals surface area contributed by atoms with Crippen molar-refractivity contribution in [3.63, 3.8) is 0 Å². The van der Waals surface area contributed by atoms with Crippen molar-refractivity contribution in [2.24, 2.45) is 0 Å². The molecule has 25 heavy (non-hydrogen) atoms. The molecular formula is C21H27N3O. The Balaban J connectivity index is 1.50. The van der Waals surface area contributed by atoms with Gasteiger partial charge in [-0.05, 0) is 43.5 Å². The monoisotopic (exact) mass is 337 g/mol. The van der Waals surface area contributed by atoms with E-state index in [1.807, 2.05) is 36.4 Å². The average Bonchev–Trinajstić information content (AvgIpc) is 3.20. The van der Waals surface area contributed by atoms with Crippen LogP contribution in [0.25, 0.3) is 0 Å². The van der Waals surface area contributed by atoms with Crippen molar-refractivity contribution >= 4 is 6.03 Å². The van der Waals surface area contributed by atoms with Gasteiger partial charge in [0.1, 0.15) is 0 Å². The van der Waals surface area contributed by atoms with Gasteiger partial charge in [0.25, 0.3) is 0 Å². The predicted octanol–water partition coefficient (Wildman–Crippen LogP) is 3.19. The SMILES string of the molecule is O=C(NCc1ccccc1)NCC(Cc1ccccc1)N1CCCC1. The summed E-state index contributed by atoms with van der Waals surface area (Å²) >= 11 is 0. The summed E-state index contributed by atoms with van der Waals surface area (Å²) in [5, 5.41) is 6.00. The Labute approximate surface area is 150 Å². The molecule has 2 amide bonds. The van der Waals surface area contributed by atoms with Crippen LogP contribution in [0.3, 0.4) is 0 Å². The van der Waals surface area contributed by atoms with E-state index < -0.39 is 0 Å². The minimum atomic E-state index is -0.0962. The first-order valence-corrected chi connectivity index (χ1v) is 9.15. The number of hydrogen-bond acceptors (Lipinski definition) is 2. The highest BCUT2D eigenvalue weighted by Crippen LogP contribution is 2.15. The zero-order chi connectivity index (χ0) is 17.3. The van der Waals surface area contributed by atoms with E-state index in [0.29, 0.717) is 19.1 Å². The van der Waals surface area contributed by atoms with E-state index >= 15 is 0 Å². The molecule has 0 bridgehead atoms. The molecule has 2 aromatic carbocycles. The summed E-state index contributed by atoms with van der Waals surface area (Å²) in [4.78, 5) is 14.7. The van der Waals surface area contributed by atoms with Crippen molar-refractivity contribution < 1.29 is 4.79 Å². The number of benzene rings is 2. The highest BCUT2D eigenvalue weighted by atomic mass is 16.2.